The topological polar surface area (TPSA) is 17.1 Å². The Labute approximate surface area is 90.2 Å². The van der Waals surface area contributed by atoms with Gasteiger partial charge >= 0.3 is 0 Å². The molecule has 0 saturated carbocycles. The maximum Gasteiger partial charge on any atom is 0.160 e. The van der Waals surface area contributed by atoms with Crippen LogP contribution in [0.2, 0.25) is 0 Å². The van der Waals surface area contributed by atoms with Crippen molar-refractivity contribution in [2.45, 2.75) is 46.0 Å². The van der Waals surface area contributed by atoms with Crippen molar-refractivity contribution in [3.63, 3.8) is 0 Å². The molecule has 0 bridgehead atoms. The van der Waals surface area contributed by atoms with E-state index in [1.54, 1.807) is 11.3 Å². The van der Waals surface area contributed by atoms with Gasteiger partial charge in [-0.1, -0.05) is 26.7 Å². The zero-order valence-electron chi connectivity index (χ0n) is 9.01. The lowest BCUT2D eigenvalue weighted by molar-refractivity contribution is 0.112. The molecule has 0 fully saturated rings. The lowest BCUT2D eigenvalue weighted by atomic mass is 10.1. The van der Waals surface area contributed by atoms with E-state index in [2.05, 4.69) is 19.9 Å². The lowest BCUT2D eigenvalue weighted by Crippen LogP contribution is -1.87. The average molecular weight is 210 g/mol. The maximum absolute atomic E-state index is 10.7. The van der Waals surface area contributed by atoms with Crippen LogP contribution < -0.4 is 0 Å². The van der Waals surface area contributed by atoms with Crippen LogP contribution in [0.4, 0.5) is 0 Å². The Bertz CT molecular complexity index is 289. The van der Waals surface area contributed by atoms with Gasteiger partial charge in [0.15, 0.2) is 6.29 Å². The SMILES string of the molecule is CCCCc1sc(C=O)cc1CCC. The van der Waals surface area contributed by atoms with Crippen molar-refractivity contribution < 1.29 is 4.79 Å². The molecule has 0 unspecified atom stereocenters. The highest BCUT2D eigenvalue weighted by atomic mass is 32.1. The molecule has 14 heavy (non-hydrogen) atoms. The van der Waals surface area contributed by atoms with Crippen LogP contribution >= 0.6 is 11.3 Å². The Hall–Kier alpha value is -0.630. The summed E-state index contributed by atoms with van der Waals surface area (Å²) < 4.78 is 0. The molecule has 2 heteroatoms. The van der Waals surface area contributed by atoms with Gasteiger partial charge in [0.2, 0.25) is 0 Å². The maximum atomic E-state index is 10.7. The smallest absolute Gasteiger partial charge is 0.160 e. The number of aryl methyl sites for hydroxylation is 2. The summed E-state index contributed by atoms with van der Waals surface area (Å²) in [5.41, 5.74) is 1.40. The fraction of sp³-hybridized carbons (Fsp3) is 0.583. The number of carbonyl (C=O) groups excluding carboxylic acids is 1. The van der Waals surface area contributed by atoms with Gasteiger partial charge in [-0.2, -0.15) is 0 Å². The van der Waals surface area contributed by atoms with Crippen LogP contribution in [0.5, 0.6) is 0 Å². The molecule has 1 heterocycles. The minimum Gasteiger partial charge on any atom is -0.297 e. The van der Waals surface area contributed by atoms with Crippen LogP contribution in [0.3, 0.4) is 0 Å². The summed E-state index contributed by atoms with van der Waals surface area (Å²) in [6.07, 6.45) is 6.84. The second-order valence-electron chi connectivity index (χ2n) is 3.57. The third-order valence-electron chi connectivity index (χ3n) is 2.31. The second-order valence-corrected chi connectivity index (χ2v) is 4.74. The Kier molecular flexibility index (Phi) is 4.88. The van der Waals surface area contributed by atoms with Crippen molar-refractivity contribution in [1.82, 2.24) is 0 Å². The van der Waals surface area contributed by atoms with Gasteiger partial charge in [-0.3, -0.25) is 4.79 Å². The van der Waals surface area contributed by atoms with Crippen molar-refractivity contribution >= 4 is 17.6 Å². The zero-order valence-corrected chi connectivity index (χ0v) is 9.82. The molecule has 78 valence electrons. The highest BCUT2D eigenvalue weighted by molar-refractivity contribution is 7.13. The first kappa shape index (κ1) is 11.4. The molecule has 0 radical (unpaired) electrons. The number of hydrogen-bond acceptors (Lipinski definition) is 2. The van der Waals surface area contributed by atoms with Crippen molar-refractivity contribution in [3.8, 4) is 0 Å². The first-order valence-electron chi connectivity index (χ1n) is 5.38. The van der Waals surface area contributed by atoms with Gasteiger partial charge in [0.1, 0.15) is 0 Å². The summed E-state index contributed by atoms with van der Waals surface area (Å²) in [5, 5.41) is 0. The van der Waals surface area contributed by atoms with E-state index in [4.69, 9.17) is 0 Å². The molecule has 0 aliphatic heterocycles. The molecule has 0 amide bonds. The highest BCUT2D eigenvalue weighted by Gasteiger charge is 2.07. The molecule has 0 saturated heterocycles. The predicted octanol–water partition coefficient (Wildman–Crippen LogP) is 3.86. The first-order chi connectivity index (χ1) is 6.81. The Morgan fingerprint density at radius 1 is 1.29 bits per heavy atom. The third kappa shape index (κ3) is 2.95. The van der Waals surface area contributed by atoms with E-state index in [-0.39, 0.29) is 0 Å². The normalized spacial score (nSPS) is 10.4. The number of thiophene rings is 1. The van der Waals surface area contributed by atoms with Crippen LogP contribution in [0.25, 0.3) is 0 Å². The van der Waals surface area contributed by atoms with E-state index in [1.165, 1.54) is 23.3 Å². The van der Waals surface area contributed by atoms with Crippen molar-refractivity contribution in [2.75, 3.05) is 0 Å². The van der Waals surface area contributed by atoms with Gasteiger partial charge in [-0.05, 0) is 30.9 Å². The lowest BCUT2D eigenvalue weighted by Gasteiger charge is -2.00. The minimum absolute atomic E-state index is 0.888. The van der Waals surface area contributed by atoms with E-state index >= 15 is 0 Å². The molecule has 0 N–H and O–H groups in total. The predicted molar refractivity (Wildman–Crippen MR) is 62.3 cm³/mol. The molecular formula is C12H18OS. The second kappa shape index (κ2) is 5.97. The Morgan fingerprint density at radius 2 is 2.07 bits per heavy atom. The third-order valence-corrected chi connectivity index (χ3v) is 3.47. The van der Waals surface area contributed by atoms with Crippen molar-refractivity contribution in [2.24, 2.45) is 0 Å². The Morgan fingerprint density at radius 3 is 2.64 bits per heavy atom. The quantitative estimate of drug-likeness (QED) is 0.652. The summed E-state index contributed by atoms with van der Waals surface area (Å²) in [4.78, 5) is 13.0. The molecule has 1 aromatic rings. The molecule has 0 atom stereocenters. The molecule has 0 aliphatic rings. The highest BCUT2D eigenvalue weighted by Crippen LogP contribution is 2.24. The number of hydrogen-bond donors (Lipinski definition) is 0. The van der Waals surface area contributed by atoms with Gasteiger partial charge < -0.3 is 0 Å². The first-order valence-corrected chi connectivity index (χ1v) is 6.20. The molecule has 1 nitrogen and oxygen atoms in total. The van der Waals surface area contributed by atoms with E-state index in [0.717, 1.165) is 30.4 Å². The van der Waals surface area contributed by atoms with Crippen LogP contribution in [0, 0.1) is 0 Å². The Balaban J connectivity index is 2.76. The minimum atomic E-state index is 0.888. The molecule has 0 aromatic carbocycles. The standard InChI is InChI=1S/C12H18OS/c1-3-5-7-12-10(6-4-2)8-11(9-13)14-12/h8-9H,3-7H2,1-2H3. The van der Waals surface area contributed by atoms with Gasteiger partial charge in [0.25, 0.3) is 0 Å². The van der Waals surface area contributed by atoms with Gasteiger partial charge in [0, 0.05) is 4.88 Å². The average Bonchev–Trinajstić information content (AvgIpc) is 2.58. The molecular weight excluding hydrogens is 192 g/mol. The molecule has 1 aromatic heterocycles. The van der Waals surface area contributed by atoms with E-state index < -0.39 is 0 Å². The molecule has 0 spiro atoms. The fourth-order valence-corrected chi connectivity index (χ4v) is 2.65. The van der Waals surface area contributed by atoms with Gasteiger partial charge in [0.05, 0.1) is 4.88 Å². The van der Waals surface area contributed by atoms with E-state index in [9.17, 15) is 4.79 Å². The summed E-state index contributed by atoms with van der Waals surface area (Å²) in [6.45, 7) is 4.38. The number of carbonyl (C=O) groups is 1. The van der Waals surface area contributed by atoms with Gasteiger partial charge in [-0.15, -0.1) is 11.3 Å². The number of aldehydes is 1. The van der Waals surface area contributed by atoms with Gasteiger partial charge in [-0.25, -0.2) is 0 Å². The van der Waals surface area contributed by atoms with Crippen LogP contribution in [-0.2, 0) is 12.8 Å². The molecule has 0 aliphatic carbocycles. The summed E-state index contributed by atoms with van der Waals surface area (Å²) >= 11 is 1.67. The van der Waals surface area contributed by atoms with Crippen LogP contribution in [0.1, 0.15) is 53.2 Å². The summed E-state index contributed by atoms with van der Waals surface area (Å²) in [7, 11) is 0. The summed E-state index contributed by atoms with van der Waals surface area (Å²) in [5.74, 6) is 0. The molecule has 1 rings (SSSR count). The number of rotatable bonds is 6. The zero-order chi connectivity index (χ0) is 10.4. The van der Waals surface area contributed by atoms with Crippen LogP contribution in [0.15, 0.2) is 6.07 Å². The number of unbranched alkanes of at least 4 members (excludes halogenated alkanes) is 1. The van der Waals surface area contributed by atoms with Crippen molar-refractivity contribution in [3.05, 3.63) is 21.4 Å². The fourth-order valence-electron chi connectivity index (χ4n) is 1.58. The van der Waals surface area contributed by atoms with Crippen molar-refractivity contribution in [1.29, 1.82) is 0 Å². The summed E-state index contributed by atoms with van der Waals surface area (Å²) in [6, 6.07) is 2.06. The van der Waals surface area contributed by atoms with E-state index in [0.29, 0.717) is 0 Å². The monoisotopic (exact) mass is 210 g/mol. The van der Waals surface area contributed by atoms with Crippen LogP contribution in [-0.4, -0.2) is 6.29 Å². The van der Waals surface area contributed by atoms with E-state index in [1.807, 2.05) is 0 Å². The largest absolute Gasteiger partial charge is 0.297 e.